The van der Waals surface area contributed by atoms with E-state index in [0.717, 1.165) is 0 Å². The molecule has 2 nitrogen and oxygen atoms in total. The number of hydrogen-bond acceptors (Lipinski definition) is 4. The number of rotatable bonds is 4. The highest BCUT2D eigenvalue weighted by molar-refractivity contribution is 7.23. The van der Waals surface area contributed by atoms with Crippen LogP contribution in [-0.4, -0.2) is 6.98 Å². The number of benzene rings is 5. The van der Waals surface area contributed by atoms with E-state index in [9.17, 15) is 0 Å². The maximum Gasteiger partial charge on any atom is 0.423 e. The molecule has 0 amide bonds. The molecule has 0 saturated carbocycles. The molecule has 7 aromatic rings. The van der Waals surface area contributed by atoms with Crippen LogP contribution in [0.25, 0.3) is 43.1 Å². The highest BCUT2D eigenvalue weighted by Gasteiger charge is 2.48. The molecule has 0 spiro atoms. The molecular weight excluding hydrogens is 559 g/mol. The van der Waals surface area contributed by atoms with E-state index in [4.69, 9.17) is 0 Å². The second-order valence-electron chi connectivity index (χ2n) is 10.9. The SMILES string of the molecule is c1ccc(-c2cc3c(s2)N(c2ccccc2)B2c4c-3cccc4-c3cc(-c4ccccc4)sc3N2c2ccccc2)cc1. The monoisotopic (exact) mass is 584 g/mol. The van der Waals surface area contributed by atoms with E-state index in [1.54, 1.807) is 0 Å². The van der Waals surface area contributed by atoms with Crippen LogP contribution in [0.4, 0.5) is 21.4 Å². The fraction of sp³-hybridized carbons (Fsp3) is 0. The van der Waals surface area contributed by atoms with Gasteiger partial charge in [0.2, 0.25) is 0 Å². The number of fused-ring (bicyclic) bond motifs is 4. The molecule has 0 N–H and O–H groups in total. The average molecular weight is 585 g/mol. The lowest BCUT2D eigenvalue weighted by Crippen LogP contribution is -2.61. The zero-order chi connectivity index (χ0) is 28.3. The van der Waals surface area contributed by atoms with Crippen molar-refractivity contribution in [2.75, 3.05) is 9.62 Å². The molecule has 0 bridgehead atoms. The molecule has 4 heterocycles. The number of nitrogens with zero attached hydrogens (tertiary/aromatic N) is 2. The molecule has 2 aliphatic heterocycles. The molecule has 9 rings (SSSR count). The van der Waals surface area contributed by atoms with E-state index in [-0.39, 0.29) is 6.98 Å². The van der Waals surface area contributed by atoms with Gasteiger partial charge in [0.05, 0.1) is 10.0 Å². The first-order chi connectivity index (χ1) is 21.3. The van der Waals surface area contributed by atoms with Gasteiger partial charge < -0.3 is 9.62 Å². The molecule has 5 aromatic carbocycles. The third kappa shape index (κ3) is 3.86. The summed E-state index contributed by atoms with van der Waals surface area (Å²) in [5, 5.41) is 2.56. The van der Waals surface area contributed by atoms with Crippen molar-refractivity contribution in [2.24, 2.45) is 0 Å². The van der Waals surface area contributed by atoms with Crippen molar-refractivity contribution in [2.45, 2.75) is 0 Å². The van der Waals surface area contributed by atoms with E-state index in [1.165, 1.54) is 70.0 Å². The smallest absolute Gasteiger partial charge is 0.353 e. The van der Waals surface area contributed by atoms with Crippen LogP contribution in [0.5, 0.6) is 0 Å². The third-order valence-corrected chi connectivity index (χ3v) is 10.8. The van der Waals surface area contributed by atoms with Gasteiger partial charge in [-0.1, -0.05) is 115 Å². The third-order valence-electron chi connectivity index (χ3n) is 8.48. The molecule has 0 saturated heterocycles. The lowest BCUT2D eigenvalue weighted by atomic mass is 9.55. The van der Waals surface area contributed by atoms with Gasteiger partial charge >= 0.3 is 6.98 Å². The van der Waals surface area contributed by atoms with Crippen molar-refractivity contribution in [3.63, 3.8) is 0 Å². The van der Waals surface area contributed by atoms with E-state index < -0.39 is 0 Å². The number of para-hydroxylation sites is 2. The molecule has 43 heavy (non-hydrogen) atoms. The van der Waals surface area contributed by atoms with Crippen LogP contribution in [-0.2, 0) is 0 Å². The summed E-state index contributed by atoms with van der Waals surface area (Å²) in [6.45, 7) is -0.0412. The Kier molecular flexibility index (Phi) is 5.68. The standard InChI is InChI=1S/C38H25BN2S2/c1-5-14-26(15-6-1)34-24-32-30-22-13-23-31-33-25-35(27-16-7-2-8-17-27)43-38(33)41(29-20-11-4-12-21-29)39(36(30)31)40(37(32)42-34)28-18-9-3-10-19-28/h1-25H. The fourth-order valence-corrected chi connectivity index (χ4v) is 9.04. The topological polar surface area (TPSA) is 6.48 Å². The van der Waals surface area contributed by atoms with Crippen molar-refractivity contribution in [1.29, 1.82) is 0 Å². The molecule has 0 radical (unpaired) electrons. The van der Waals surface area contributed by atoms with Gasteiger partial charge in [-0.05, 0) is 64.1 Å². The Balaban J connectivity index is 1.36. The fourth-order valence-electron chi connectivity index (χ4n) is 6.60. The minimum atomic E-state index is -0.0412. The molecule has 0 atom stereocenters. The summed E-state index contributed by atoms with van der Waals surface area (Å²) in [5.74, 6) is 0. The predicted molar refractivity (Wildman–Crippen MR) is 186 cm³/mol. The second kappa shape index (κ2) is 9.87. The van der Waals surface area contributed by atoms with Crippen LogP contribution in [0, 0.1) is 0 Å². The molecule has 0 aliphatic carbocycles. The van der Waals surface area contributed by atoms with Crippen LogP contribution in [0.15, 0.2) is 152 Å². The molecular formula is C38H25BN2S2. The van der Waals surface area contributed by atoms with Gasteiger partial charge in [-0.25, -0.2) is 0 Å². The van der Waals surface area contributed by atoms with Crippen LogP contribution >= 0.6 is 22.7 Å². The quantitative estimate of drug-likeness (QED) is 0.190. The van der Waals surface area contributed by atoms with Crippen molar-refractivity contribution in [3.8, 4) is 43.1 Å². The Hall–Kier alpha value is -4.84. The molecule has 2 aliphatic rings. The first-order valence-corrected chi connectivity index (χ1v) is 16.2. The van der Waals surface area contributed by atoms with Crippen molar-refractivity contribution < 1.29 is 0 Å². The van der Waals surface area contributed by atoms with Crippen LogP contribution in [0.3, 0.4) is 0 Å². The maximum atomic E-state index is 2.58. The van der Waals surface area contributed by atoms with Crippen LogP contribution in [0.2, 0.25) is 0 Å². The summed E-state index contributed by atoms with van der Waals surface area (Å²) < 4.78 is 0. The van der Waals surface area contributed by atoms with E-state index in [1.807, 2.05) is 22.7 Å². The van der Waals surface area contributed by atoms with Crippen molar-refractivity contribution in [3.05, 3.63) is 152 Å². The number of thiophene rings is 2. The Morgan fingerprint density at radius 3 is 1.21 bits per heavy atom. The largest absolute Gasteiger partial charge is 0.423 e. The summed E-state index contributed by atoms with van der Waals surface area (Å²) in [5.41, 5.74) is 11.5. The molecule has 0 fully saturated rings. The molecule has 5 heteroatoms. The van der Waals surface area contributed by atoms with Gasteiger partial charge in [0.25, 0.3) is 0 Å². The van der Waals surface area contributed by atoms with Crippen LogP contribution < -0.4 is 15.1 Å². The zero-order valence-electron chi connectivity index (χ0n) is 23.2. The summed E-state index contributed by atoms with van der Waals surface area (Å²) in [7, 11) is 0. The first kappa shape index (κ1) is 24.7. The summed E-state index contributed by atoms with van der Waals surface area (Å²) in [6, 6.07) is 55.1. The summed E-state index contributed by atoms with van der Waals surface area (Å²) >= 11 is 3.77. The maximum absolute atomic E-state index is 2.58. The average Bonchev–Trinajstić information content (AvgIpc) is 3.73. The lowest BCUT2D eigenvalue weighted by molar-refractivity contribution is 1.30. The van der Waals surface area contributed by atoms with Gasteiger partial charge in [-0.3, -0.25) is 0 Å². The van der Waals surface area contributed by atoms with Gasteiger partial charge in [-0.15, -0.1) is 22.7 Å². The Morgan fingerprint density at radius 1 is 0.395 bits per heavy atom. The normalized spacial score (nSPS) is 13.0. The number of hydrogen-bond donors (Lipinski definition) is 0. The van der Waals surface area contributed by atoms with Crippen LogP contribution in [0.1, 0.15) is 0 Å². The summed E-state index contributed by atoms with van der Waals surface area (Å²) in [4.78, 5) is 7.73. The highest BCUT2D eigenvalue weighted by atomic mass is 32.1. The zero-order valence-corrected chi connectivity index (χ0v) is 24.9. The van der Waals surface area contributed by atoms with Gasteiger partial charge in [-0.2, -0.15) is 0 Å². The van der Waals surface area contributed by atoms with Crippen molar-refractivity contribution >= 4 is 56.5 Å². The molecule has 2 aromatic heterocycles. The first-order valence-electron chi connectivity index (χ1n) is 14.6. The van der Waals surface area contributed by atoms with E-state index in [2.05, 4.69) is 161 Å². The minimum Gasteiger partial charge on any atom is -0.353 e. The Morgan fingerprint density at radius 2 is 0.791 bits per heavy atom. The minimum absolute atomic E-state index is 0.0412. The molecule has 202 valence electrons. The lowest BCUT2D eigenvalue weighted by Gasteiger charge is -2.45. The molecule has 0 unspecified atom stereocenters. The summed E-state index contributed by atoms with van der Waals surface area (Å²) in [6.07, 6.45) is 0. The Bertz CT molecular complexity index is 1940. The second-order valence-corrected chi connectivity index (χ2v) is 13.0. The number of anilines is 4. The highest BCUT2D eigenvalue weighted by Crippen LogP contribution is 2.55. The van der Waals surface area contributed by atoms with Crippen molar-refractivity contribution in [1.82, 2.24) is 0 Å². The van der Waals surface area contributed by atoms with E-state index >= 15 is 0 Å². The van der Waals surface area contributed by atoms with Gasteiger partial charge in [0, 0.05) is 32.3 Å². The Labute approximate surface area is 259 Å². The predicted octanol–water partition coefficient (Wildman–Crippen LogP) is 10.5. The van der Waals surface area contributed by atoms with E-state index in [0.29, 0.717) is 0 Å². The van der Waals surface area contributed by atoms with Gasteiger partial charge in [0.15, 0.2) is 0 Å². The van der Waals surface area contributed by atoms with Gasteiger partial charge in [0.1, 0.15) is 0 Å².